The standard InChI is InChI=1S/C25H30N2O4/c1-27(17-15-19-10-7-9-18-8-5-6-11-21(18)19)25(28)26-16-14-20-12-13-22(29-2)24(31-4)23(20)30-3/h5-13H,14-17H2,1-4H3,(H,26,28). The van der Waals surface area contributed by atoms with E-state index in [0.29, 0.717) is 36.8 Å². The van der Waals surface area contributed by atoms with Gasteiger partial charge in [0.25, 0.3) is 0 Å². The summed E-state index contributed by atoms with van der Waals surface area (Å²) in [6.45, 7) is 1.13. The number of hydrogen-bond acceptors (Lipinski definition) is 4. The number of hydrogen-bond donors (Lipinski definition) is 1. The number of benzene rings is 3. The third-order valence-electron chi connectivity index (χ3n) is 5.40. The van der Waals surface area contributed by atoms with Crippen molar-refractivity contribution in [1.82, 2.24) is 10.2 Å². The van der Waals surface area contributed by atoms with E-state index in [4.69, 9.17) is 14.2 Å². The van der Waals surface area contributed by atoms with Gasteiger partial charge >= 0.3 is 6.03 Å². The third kappa shape index (κ3) is 5.20. The Morgan fingerprint density at radius 1 is 0.839 bits per heavy atom. The molecule has 0 saturated carbocycles. The zero-order chi connectivity index (χ0) is 22.2. The maximum absolute atomic E-state index is 12.5. The van der Waals surface area contributed by atoms with Gasteiger partial charge in [-0.2, -0.15) is 0 Å². The lowest BCUT2D eigenvalue weighted by Gasteiger charge is -2.19. The predicted octanol–water partition coefficient (Wildman–Crippen LogP) is 4.29. The van der Waals surface area contributed by atoms with E-state index in [1.165, 1.54) is 16.3 Å². The van der Waals surface area contributed by atoms with Crippen molar-refractivity contribution in [3.63, 3.8) is 0 Å². The fourth-order valence-electron chi connectivity index (χ4n) is 3.70. The molecule has 0 atom stereocenters. The second kappa shape index (κ2) is 10.6. The molecule has 0 bridgehead atoms. The van der Waals surface area contributed by atoms with Crippen molar-refractivity contribution in [3.05, 3.63) is 65.7 Å². The van der Waals surface area contributed by atoms with Crippen molar-refractivity contribution in [1.29, 1.82) is 0 Å². The molecule has 0 spiro atoms. The molecule has 3 aromatic rings. The molecule has 1 N–H and O–H groups in total. The van der Waals surface area contributed by atoms with E-state index in [1.54, 1.807) is 26.2 Å². The molecule has 0 fully saturated rings. The Labute approximate surface area is 183 Å². The summed E-state index contributed by atoms with van der Waals surface area (Å²) in [7, 11) is 6.58. The number of fused-ring (bicyclic) bond motifs is 1. The maximum Gasteiger partial charge on any atom is 0.317 e. The van der Waals surface area contributed by atoms with Crippen molar-refractivity contribution in [2.75, 3.05) is 41.5 Å². The third-order valence-corrected chi connectivity index (χ3v) is 5.40. The van der Waals surface area contributed by atoms with E-state index in [0.717, 1.165) is 12.0 Å². The smallest absolute Gasteiger partial charge is 0.317 e. The van der Waals surface area contributed by atoms with Crippen LogP contribution in [0.4, 0.5) is 4.79 Å². The van der Waals surface area contributed by atoms with Crippen LogP contribution >= 0.6 is 0 Å². The molecule has 31 heavy (non-hydrogen) atoms. The maximum atomic E-state index is 12.5. The molecule has 3 aromatic carbocycles. The number of rotatable bonds is 9. The first-order chi connectivity index (χ1) is 15.1. The van der Waals surface area contributed by atoms with Gasteiger partial charge in [-0.15, -0.1) is 0 Å². The van der Waals surface area contributed by atoms with Crippen LogP contribution in [-0.4, -0.2) is 52.4 Å². The lowest BCUT2D eigenvalue weighted by molar-refractivity contribution is 0.209. The zero-order valence-corrected chi connectivity index (χ0v) is 18.6. The monoisotopic (exact) mass is 422 g/mol. The van der Waals surface area contributed by atoms with Crippen molar-refractivity contribution in [2.45, 2.75) is 12.8 Å². The second-order valence-electron chi connectivity index (χ2n) is 7.29. The van der Waals surface area contributed by atoms with Gasteiger partial charge in [-0.3, -0.25) is 0 Å². The number of amides is 2. The van der Waals surface area contributed by atoms with Crippen LogP contribution in [0.2, 0.25) is 0 Å². The number of urea groups is 1. The molecule has 0 heterocycles. The molecule has 2 amide bonds. The van der Waals surface area contributed by atoms with Crippen molar-refractivity contribution in [3.8, 4) is 17.2 Å². The van der Waals surface area contributed by atoms with Crippen molar-refractivity contribution >= 4 is 16.8 Å². The Kier molecular flexibility index (Phi) is 7.60. The van der Waals surface area contributed by atoms with Gasteiger partial charge in [-0.05, 0) is 35.2 Å². The van der Waals surface area contributed by atoms with Crippen molar-refractivity contribution in [2.24, 2.45) is 0 Å². The molecule has 0 aromatic heterocycles. The molecular weight excluding hydrogens is 392 g/mol. The molecule has 0 unspecified atom stereocenters. The molecule has 6 nitrogen and oxygen atoms in total. The molecule has 0 aliphatic rings. The minimum atomic E-state index is -0.0975. The van der Waals surface area contributed by atoms with E-state index >= 15 is 0 Å². The highest BCUT2D eigenvalue weighted by atomic mass is 16.5. The van der Waals surface area contributed by atoms with Gasteiger partial charge in [-0.25, -0.2) is 4.79 Å². The minimum Gasteiger partial charge on any atom is -0.493 e. The van der Waals surface area contributed by atoms with E-state index in [2.05, 4.69) is 35.6 Å². The fraction of sp³-hybridized carbons (Fsp3) is 0.320. The summed E-state index contributed by atoms with van der Waals surface area (Å²) in [5, 5.41) is 5.44. The predicted molar refractivity (Wildman–Crippen MR) is 123 cm³/mol. The Morgan fingerprint density at radius 2 is 1.58 bits per heavy atom. The zero-order valence-electron chi connectivity index (χ0n) is 18.6. The summed E-state index contributed by atoms with van der Waals surface area (Å²) < 4.78 is 16.2. The second-order valence-corrected chi connectivity index (χ2v) is 7.29. The van der Waals surface area contributed by atoms with Crippen LogP contribution in [0.3, 0.4) is 0 Å². The van der Waals surface area contributed by atoms with Gasteiger partial charge in [0.1, 0.15) is 0 Å². The number of nitrogens with zero attached hydrogens (tertiary/aromatic N) is 1. The molecular formula is C25H30N2O4. The summed E-state index contributed by atoms with van der Waals surface area (Å²) in [6, 6.07) is 18.3. The summed E-state index contributed by atoms with van der Waals surface area (Å²) in [6.07, 6.45) is 1.42. The number of carbonyl (C=O) groups is 1. The van der Waals surface area contributed by atoms with E-state index in [9.17, 15) is 4.79 Å². The van der Waals surface area contributed by atoms with Gasteiger partial charge in [0, 0.05) is 25.7 Å². The molecule has 3 rings (SSSR count). The molecule has 0 radical (unpaired) electrons. The van der Waals surface area contributed by atoms with Gasteiger partial charge in [0.05, 0.1) is 21.3 Å². The molecule has 0 aliphatic heterocycles. The average molecular weight is 423 g/mol. The van der Waals surface area contributed by atoms with Crippen molar-refractivity contribution < 1.29 is 19.0 Å². The van der Waals surface area contributed by atoms with Crippen LogP contribution in [0.1, 0.15) is 11.1 Å². The van der Waals surface area contributed by atoms with Gasteiger partial charge in [-0.1, -0.05) is 48.5 Å². The summed E-state index contributed by atoms with van der Waals surface area (Å²) in [4.78, 5) is 14.3. The number of likely N-dealkylation sites (N-methyl/N-ethyl adjacent to an activating group) is 1. The minimum absolute atomic E-state index is 0.0975. The molecule has 0 saturated heterocycles. The molecule has 164 valence electrons. The SMILES string of the molecule is COc1ccc(CCNC(=O)N(C)CCc2cccc3ccccc23)c(OC)c1OC. The first-order valence-electron chi connectivity index (χ1n) is 10.3. The highest BCUT2D eigenvalue weighted by Gasteiger charge is 2.16. The Bertz CT molecular complexity index is 1030. The van der Waals surface area contributed by atoms with Gasteiger partial charge < -0.3 is 24.4 Å². The number of nitrogens with one attached hydrogen (secondary N) is 1. The topological polar surface area (TPSA) is 60.0 Å². The normalized spacial score (nSPS) is 10.6. The molecule has 6 heteroatoms. The number of ether oxygens (including phenoxy) is 3. The van der Waals surface area contributed by atoms with Crippen LogP contribution in [-0.2, 0) is 12.8 Å². The molecule has 0 aliphatic carbocycles. The van der Waals surface area contributed by atoms with Crippen LogP contribution in [0.25, 0.3) is 10.8 Å². The highest BCUT2D eigenvalue weighted by Crippen LogP contribution is 2.39. The Hall–Kier alpha value is -3.41. The number of carbonyl (C=O) groups excluding carboxylic acids is 1. The van der Waals surface area contributed by atoms with E-state index in [-0.39, 0.29) is 6.03 Å². The van der Waals surface area contributed by atoms with E-state index in [1.807, 2.05) is 31.3 Å². The first-order valence-corrected chi connectivity index (χ1v) is 10.3. The van der Waals surface area contributed by atoms with Gasteiger partial charge in [0.2, 0.25) is 5.75 Å². The first kappa shape index (κ1) is 22.3. The van der Waals surface area contributed by atoms with Crippen LogP contribution < -0.4 is 19.5 Å². The fourth-order valence-corrected chi connectivity index (χ4v) is 3.70. The van der Waals surface area contributed by atoms with E-state index < -0.39 is 0 Å². The largest absolute Gasteiger partial charge is 0.493 e. The highest BCUT2D eigenvalue weighted by molar-refractivity contribution is 5.85. The van der Waals surface area contributed by atoms with Gasteiger partial charge in [0.15, 0.2) is 11.5 Å². The summed E-state index contributed by atoms with van der Waals surface area (Å²) in [5.74, 6) is 1.79. The van der Waals surface area contributed by atoms with Crippen LogP contribution in [0, 0.1) is 0 Å². The Balaban J connectivity index is 1.55. The average Bonchev–Trinajstić information content (AvgIpc) is 2.81. The quantitative estimate of drug-likeness (QED) is 0.559. The van der Waals surface area contributed by atoms with Crippen LogP contribution in [0.15, 0.2) is 54.6 Å². The Morgan fingerprint density at radius 3 is 2.32 bits per heavy atom. The lowest BCUT2D eigenvalue weighted by Crippen LogP contribution is -2.39. The number of methoxy groups -OCH3 is 3. The summed E-state index contributed by atoms with van der Waals surface area (Å²) in [5.41, 5.74) is 2.19. The lowest BCUT2D eigenvalue weighted by atomic mass is 10.0. The van der Waals surface area contributed by atoms with Crippen LogP contribution in [0.5, 0.6) is 17.2 Å². The summed E-state index contributed by atoms with van der Waals surface area (Å²) >= 11 is 0.